The second kappa shape index (κ2) is 80.8. The van der Waals surface area contributed by atoms with Gasteiger partial charge in [0, 0.05) is 25.7 Å². The Balaban J connectivity index is 5.23. The van der Waals surface area contributed by atoms with Crippen LogP contribution in [0.5, 0.6) is 0 Å². The van der Waals surface area contributed by atoms with Crippen LogP contribution in [0.2, 0.25) is 0 Å². The van der Waals surface area contributed by atoms with Gasteiger partial charge in [-0.05, 0) is 43.4 Å². The maximum absolute atomic E-state index is 13.2. The standard InChI is InChI=1S/C91H178O17P2/c1-8-11-12-13-14-15-16-17-18-19-20-21-22-23-27-30-33-38-43-51-58-65-72-88(93)101-78-86(107-90(95)74-67-60-53-44-39-34-31-28-25-24-26-29-32-37-42-49-56-63-70-83(6)9-2)80-105-109(97,98)103-76-85(92)77-104-110(99,100)106-81-87(79-102-89(94)73-66-59-52-47-46-50-57-64-71-84(7)10-3)108-91(96)75-68-61-54-45-40-35-36-41-48-55-62-69-82(4)5/h82-87,92H,8-81H2,1-7H3,(H,97,98)(H,99,100)/t83?,84?,85-,86-,87-/m1/s1. The number of carbonyl (C=O) groups is 4. The first-order valence-electron chi connectivity index (χ1n) is 46.9. The molecule has 0 radical (unpaired) electrons. The summed E-state index contributed by atoms with van der Waals surface area (Å²) in [4.78, 5) is 73.4. The van der Waals surface area contributed by atoms with Gasteiger partial charge in [0.25, 0.3) is 0 Å². The van der Waals surface area contributed by atoms with Crippen LogP contribution in [0.1, 0.15) is 485 Å². The molecule has 0 aromatic heterocycles. The predicted octanol–water partition coefficient (Wildman–Crippen LogP) is 28.0. The summed E-state index contributed by atoms with van der Waals surface area (Å²) in [5.41, 5.74) is 0. The van der Waals surface area contributed by atoms with Gasteiger partial charge in [-0.1, -0.05) is 434 Å². The molecule has 0 aliphatic heterocycles. The first-order valence-corrected chi connectivity index (χ1v) is 49.9. The van der Waals surface area contributed by atoms with Crippen molar-refractivity contribution in [3.05, 3.63) is 0 Å². The van der Waals surface area contributed by atoms with Crippen molar-refractivity contribution in [2.75, 3.05) is 39.6 Å². The van der Waals surface area contributed by atoms with E-state index in [0.29, 0.717) is 25.7 Å². The Morgan fingerprint density at radius 1 is 0.264 bits per heavy atom. The summed E-state index contributed by atoms with van der Waals surface area (Å²) in [5, 5.41) is 10.7. The largest absolute Gasteiger partial charge is 0.472 e. The van der Waals surface area contributed by atoms with Crippen molar-refractivity contribution < 1.29 is 80.2 Å². The lowest BCUT2D eigenvalue weighted by Crippen LogP contribution is -2.30. The Labute approximate surface area is 677 Å². The third-order valence-corrected chi connectivity index (χ3v) is 24.0. The molecular weight excluding hydrogens is 1430 g/mol. The summed E-state index contributed by atoms with van der Waals surface area (Å²) < 4.78 is 69.0. The van der Waals surface area contributed by atoms with E-state index in [0.717, 1.165) is 108 Å². The number of carbonyl (C=O) groups excluding carboxylic acids is 4. The highest BCUT2D eigenvalue weighted by atomic mass is 31.2. The summed E-state index contributed by atoms with van der Waals surface area (Å²) in [6.45, 7) is 12.1. The summed E-state index contributed by atoms with van der Waals surface area (Å²) in [6.07, 6.45) is 73.7. The highest BCUT2D eigenvalue weighted by Gasteiger charge is 2.31. The number of ether oxygens (including phenoxy) is 4. The van der Waals surface area contributed by atoms with Crippen LogP contribution < -0.4 is 0 Å². The number of phosphoric acid groups is 2. The van der Waals surface area contributed by atoms with Gasteiger partial charge in [0.05, 0.1) is 26.4 Å². The van der Waals surface area contributed by atoms with E-state index in [9.17, 15) is 43.2 Å². The fourth-order valence-corrected chi connectivity index (χ4v) is 15.8. The molecule has 0 rings (SSSR count). The van der Waals surface area contributed by atoms with Crippen LogP contribution in [-0.2, 0) is 65.4 Å². The monoisotopic (exact) mass is 1610 g/mol. The van der Waals surface area contributed by atoms with Crippen molar-refractivity contribution in [3.63, 3.8) is 0 Å². The van der Waals surface area contributed by atoms with Crippen molar-refractivity contribution in [2.45, 2.75) is 503 Å². The molecule has 0 spiro atoms. The van der Waals surface area contributed by atoms with Gasteiger partial charge in [0.1, 0.15) is 19.3 Å². The maximum Gasteiger partial charge on any atom is 0.472 e. The molecule has 0 aliphatic carbocycles. The van der Waals surface area contributed by atoms with Crippen LogP contribution in [0, 0.1) is 17.8 Å². The Hall–Kier alpha value is -1.94. The molecule has 0 aromatic carbocycles. The highest BCUT2D eigenvalue weighted by Crippen LogP contribution is 2.45. The second-order valence-corrected chi connectivity index (χ2v) is 36.6. The molecule has 17 nitrogen and oxygen atoms in total. The average Bonchev–Trinajstić information content (AvgIpc) is 0.897. The third kappa shape index (κ3) is 81.2. The van der Waals surface area contributed by atoms with Gasteiger partial charge in [-0.15, -0.1) is 0 Å². The van der Waals surface area contributed by atoms with Crippen molar-refractivity contribution in [1.29, 1.82) is 0 Å². The van der Waals surface area contributed by atoms with Crippen LogP contribution in [0.15, 0.2) is 0 Å². The minimum absolute atomic E-state index is 0.106. The average molecular weight is 1610 g/mol. The number of aliphatic hydroxyl groups is 1. The molecule has 0 aromatic rings. The summed E-state index contributed by atoms with van der Waals surface area (Å²) in [7, 11) is -9.94. The zero-order chi connectivity index (χ0) is 80.8. The Bertz CT molecular complexity index is 2120. The van der Waals surface area contributed by atoms with E-state index in [-0.39, 0.29) is 25.7 Å². The van der Waals surface area contributed by atoms with Crippen molar-refractivity contribution in [2.24, 2.45) is 17.8 Å². The van der Waals surface area contributed by atoms with E-state index < -0.39 is 97.5 Å². The van der Waals surface area contributed by atoms with E-state index in [1.807, 2.05) is 0 Å². The van der Waals surface area contributed by atoms with Gasteiger partial charge in [0.15, 0.2) is 12.2 Å². The molecule has 654 valence electrons. The topological polar surface area (TPSA) is 237 Å². The number of esters is 4. The third-order valence-electron chi connectivity index (χ3n) is 22.1. The van der Waals surface area contributed by atoms with Crippen LogP contribution >= 0.6 is 15.6 Å². The second-order valence-electron chi connectivity index (χ2n) is 33.7. The van der Waals surface area contributed by atoms with E-state index in [1.165, 1.54) is 295 Å². The van der Waals surface area contributed by atoms with Gasteiger partial charge in [-0.25, -0.2) is 9.13 Å². The zero-order valence-corrected chi connectivity index (χ0v) is 74.5. The highest BCUT2D eigenvalue weighted by molar-refractivity contribution is 7.47. The molecule has 110 heavy (non-hydrogen) atoms. The van der Waals surface area contributed by atoms with Gasteiger partial charge < -0.3 is 33.8 Å². The molecule has 3 N–H and O–H groups in total. The number of rotatable bonds is 89. The molecule has 0 fully saturated rings. The van der Waals surface area contributed by atoms with Crippen molar-refractivity contribution in [1.82, 2.24) is 0 Å². The van der Waals surface area contributed by atoms with Gasteiger partial charge in [-0.2, -0.15) is 0 Å². The van der Waals surface area contributed by atoms with E-state index in [4.69, 9.17) is 37.0 Å². The summed E-state index contributed by atoms with van der Waals surface area (Å²) >= 11 is 0. The Kier molecular flexibility index (Phi) is 79.4. The van der Waals surface area contributed by atoms with Gasteiger partial charge in [0.2, 0.25) is 0 Å². The number of aliphatic hydroxyl groups excluding tert-OH is 1. The quantitative estimate of drug-likeness (QED) is 0.0222. The molecule has 0 aliphatic rings. The Morgan fingerprint density at radius 2 is 0.464 bits per heavy atom. The lowest BCUT2D eigenvalue weighted by Gasteiger charge is -2.21. The molecule has 0 saturated heterocycles. The number of hydrogen-bond donors (Lipinski definition) is 3. The lowest BCUT2D eigenvalue weighted by molar-refractivity contribution is -0.161. The fourth-order valence-electron chi connectivity index (χ4n) is 14.2. The lowest BCUT2D eigenvalue weighted by atomic mass is 9.99. The number of unbranched alkanes of at least 4 members (excludes halogenated alkanes) is 55. The van der Waals surface area contributed by atoms with Crippen molar-refractivity contribution in [3.8, 4) is 0 Å². The van der Waals surface area contributed by atoms with Crippen LogP contribution in [0.3, 0.4) is 0 Å². The molecule has 19 heteroatoms. The fraction of sp³-hybridized carbons (Fsp3) is 0.956. The summed E-state index contributed by atoms with van der Waals surface area (Å²) in [6, 6.07) is 0. The SMILES string of the molecule is CCCCCCCCCCCCCCCCCCCCCCCCC(=O)OC[C@H](COP(=O)(O)OC[C@@H](O)COP(=O)(O)OC[C@@H](COC(=O)CCCCCCCCCCC(C)CC)OC(=O)CCCCCCCCCCCCCC(C)C)OC(=O)CCCCCCCCCCCCCCCCCCCCC(C)CC. The molecule has 0 bridgehead atoms. The van der Waals surface area contributed by atoms with Crippen molar-refractivity contribution >= 4 is 39.5 Å². The molecular formula is C91H178O17P2. The zero-order valence-electron chi connectivity index (χ0n) is 72.7. The van der Waals surface area contributed by atoms with Gasteiger partial charge >= 0.3 is 39.5 Å². The molecule has 0 saturated carbocycles. The number of phosphoric ester groups is 2. The maximum atomic E-state index is 13.2. The molecule has 0 amide bonds. The first kappa shape index (κ1) is 108. The normalized spacial score (nSPS) is 14.3. The van der Waals surface area contributed by atoms with Crippen LogP contribution in [-0.4, -0.2) is 96.7 Å². The first-order chi connectivity index (χ1) is 53.3. The van der Waals surface area contributed by atoms with E-state index in [1.54, 1.807) is 0 Å². The molecule has 7 atom stereocenters. The van der Waals surface area contributed by atoms with E-state index >= 15 is 0 Å². The predicted molar refractivity (Wildman–Crippen MR) is 455 cm³/mol. The van der Waals surface area contributed by atoms with Crippen LogP contribution in [0.4, 0.5) is 0 Å². The number of hydrogen-bond acceptors (Lipinski definition) is 15. The molecule has 0 heterocycles. The minimum atomic E-state index is -4.97. The smallest absolute Gasteiger partial charge is 0.462 e. The van der Waals surface area contributed by atoms with E-state index in [2.05, 4.69) is 48.5 Å². The Morgan fingerprint density at radius 3 is 0.691 bits per heavy atom. The summed E-state index contributed by atoms with van der Waals surface area (Å²) in [5.74, 6) is 0.313. The molecule has 4 unspecified atom stereocenters. The van der Waals surface area contributed by atoms with Gasteiger partial charge in [-0.3, -0.25) is 37.3 Å². The minimum Gasteiger partial charge on any atom is -0.462 e. The van der Waals surface area contributed by atoms with Crippen LogP contribution in [0.25, 0.3) is 0 Å².